The minimum absolute atomic E-state index is 0.000612. The fourth-order valence-electron chi connectivity index (χ4n) is 2.68. The van der Waals surface area contributed by atoms with Crippen LogP contribution >= 0.6 is 15.9 Å². The van der Waals surface area contributed by atoms with Gasteiger partial charge in [0, 0.05) is 30.9 Å². The quantitative estimate of drug-likeness (QED) is 0.344. The Morgan fingerprint density at radius 3 is 2.54 bits per heavy atom. The molecule has 0 bridgehead atoms. The van der Waals surface area contributed by atoms with Gasteiger partial charge in [0.25, 0.3) is 5.69 Å². The molecule has 0 radical (unpaired) electrons. The molecule has 0 aliphatic carbocycles. The number of aryl methyl sites for hydroxylation is 2. The van der Waals surface area contributed by atoms with Gasteiger partial charge in [-0.25, -0.2) is 0 Å². The molecule has 0 unspecified atom stereocenters. The van der Waals surface area contributed by atoms with Gasteiger partial charge in [0.05, 0.1) is 34.2 Å². The van der Waals surface area contributed by atoms with Crippen LogP contribution in [0.3, 0.4) is 0 Å². The summed E-state index contributed by atoms with van der Waals surface area (Å²) in [6, 6.07) is 10.6. The van der Waals surface area contributed by atoms with Crippen molar-refractivity contribution >= 4 is 38.7 Å². The Morgan fingerprint density at radius 1 is 1.21 bits per heavy atom. The van der Waals surface area contributed by atoms with Gasteiger partial charge in [-0.2, -0.15) is 10.4 Å². The van der Waals surface area contributed by atoms with E-state index in [-0.39, 0.29) is 12.3 Å². The molecule has 8 nitrogen and oxygen atoms in total. The summed E-state index contributed by atoms with van der Waals surface area (Å²) in [7, 11) is 0. The first-order valence-corrected chi connectivity index (χ1v) is 9.36. The summed E-state index contributed by atoms with van der Waals surface area (Å²) in [5.74, 6) is 0. The van der Waals surface area contributed by atoms with Gasteiger partial charge >= 0.3 is 0 Å². The summed E-state index contributed by atoms with van der Waals surface area (Å²) in [5.41, 5.74) is 3.61. The maximum atomic E-state index is 10.9. The molecule has 2 aromatic carbocycles. The molecule has 2 aromatic rings. The first-order valence-electron chi connectivity index (χ1n) is 8.57. The molecule has 0 aromatic heterocycles. The molecular formula is C19H20BrN5O3. The van der Waals surface area contributed by atoms with Crippen LogP contribution < -0.4 is 4.90 Å². The van der Waals surface area contributed by atoms with E-state index >= 15 is 0 Å². The van der Waals surface area contributed by atoms with E-state index < -0.39 is 4.92 Å². The highest BCUT2D eigenvalue weighted by Gasteiger charge is 2.13. The average molecular weight is 446 g/mol. The fraction of sp³-hybridized carbons (Fsp3) is 0.316. The van der Waals surface area contributed by atoms with Gasteiger partial charge in [0.15, 0.2) is 0 Å². The van der Waals surface area contributed by atoms with Crippen LogP contribution in [-0.2, 0) is 0 Å². The van der Waals surface area contributed by atoms with Gasteiger partial charge in [-0.15, -0.1) is 5.11 Å². The number of aliphatic hydroxyl groups is 1. The number of halogens is 1. The van der Waals surface area contributed by atoms with Crippen LogP contribution in [0.15, 0.2) is 45.0 Å². The standard InChI is InChI=1S/C19H20BrN5O3/c1-13-10-15(24(8-9-26)7-3-6-21)4-5-18(13)22-23-19-14(2)11-16(25(27)28)12-17(19)20/h4-5,10-12,26H,3,7-9H2,1-2H3. The van der Waals surface area contributed by atoms with Crippen LogP contribution in [0, 0.1) is 35.3 Å². The van der Waals surface area contributed by atoms with Gasteiger partial charge < -0.3 is 10.0 Å². The highest BCUT2D eigenvalue weighted by molar-refractivity contribution is 9.10. The average Bonchev–Trinajstić information content (AvgIpc) is 2.65. The van der Waals surface area contributed by atoms with Crippen LogP contribution in [0.2, 0.25) is 0 Å². The van der Waals surface area contributed by atoms with Gasteiger partial charge in [0.2, 0.25) is 0 Å². The van der Waals surface area contributed by atoms with Gasteiger partial charge in [0.1, 0.15) is 5.69 Å². The van der Waals surface area contributed by atoms with Crippen molar-refractivity contribution in [2.75, 3.05) is 24.6 Å². The first-order chi connectivity index (χ1) is 13.4. The molecule has 0 aliphatic heterocycles. The monoisotopic (exact) mass is 445 g/mol. The highest BCUT2D eigenvalue weighted by atomic mass is 79.9. The van der Waals surface area contributed by atoms with Crippen LogP contribution in [-0.4, -0.2) is 29.7 Å². The summed E-state index contributed by atoms with van der Waals surface area (Å²) in [6.07, 6.45) is 0.369. The third-order valence-corrected chi connectivity index (χ3v) is 4.72. The maximum absolute atomic E-state index is 10.9. The summed E-state index contributed by atoms with van der Waals surface area (Å²) in [5, 5.41) is 37.5. The van der Waals surface area contributed by atoms with E-state index in [1.807, 2.05) is 30.0 Å². The molecule has 28 heavy (non-hydrogen) atoms. The number of nitrogens with zero attached hydrogens (tertiary/aromatic N) is 5. The SMILES string of the molecule is Cc1cc(N(CCO)CCC#N)ccc1N=Nc1c(C)cc([N+](=O)[O-])cc1Br. The third kappa shape index (κ3) is 5.34. The topological polar surface area (TPSA) is 115 Å². The normalized spacial score (nSPS) is 10.8. The Labute approximate surface area is 171 Å². The lowest BCUT2D eigenvalue weighted by Gasteiger charge is -2.23. The number of azo groups is 1. The number of nitriles is 1. The van der Waals surface area contributed by atoms with Gasteiger partial charge in [-0.05, 0) is 59.1 Å². The number of rotatable bonds is 8. The first kappa shape index (κ1) is 21.5. The Morgan fingerprint density at radius 2 is 1.96 bits per heavy atom. The zero-order chi connectivity index (χ0) is 20.7. The van der Waals surface area contributed by atoms with E-state index in [4.69, 9.17) is 5.26 Å². The van der Waals surface area contributed by atoms with Crippen molar-refractivity contribution in [3.8, 4) is 6.07 Å². The van der Waals surface area contributed by atoms with Crippen molar-refractivity contribution in [3.05, 3.63) is 56.0 Å². The molecule has 9 heteroatoms. The number of aliphatic hydroxyl groups excluding tert-OH is 1. The van der Waals surface area contributed by atoms with Crippen molar-refractivity contribution in [1.29, 1.82) is 5.26 Å². The number of anilines is 1. The van der Waals surface area contributed by atoms with E-state index in [2.05, 4.69) is 32.2 Å². The molecule has 1 N–H and O–H groups in total. The largest absolute Gasteiger partial charge is 0.395 e. The molecule has 0 fully saturated rings. The smallest absolute Gasteiger partial charge is 0.270 e. The van der Waals surface area contributed by atoms with E-state index in [1.165, 1.54) is 12.1 Å². The number of nitro benzene ring substituents is 1. The molecule has 0 saturated carbocycles. The summed E-state index contributed by atoms with van der Waals surface area (Å²) < 4.78 is 0.503. The van der Waals surface area contributed by atoms with Crippen molar-refractivity contribution < 1.29 is 10.0 Å². The minimum atomic E-state index is -0.452. The van der Waals surface area contributed by atoms with E-state index in [0.717, 1.165) is 11.3 Å². The molecule has 0 heterocycles. The second-order valence-corrected chi connectivity index (χ2v) is 6.99. The van der Waals surface area contributed by atoms with Gasteiger partial charge in [-0.1, -0.05) is 0 Å². The predicted octanol–water partition coefficient (Wildman–Crippen LogP) is 5.10. The van der Waals surface area contributed by atoms with Crippen LogP contribution in [0.5, 0.6) is 0 Å². The number of non-ortho nitro benzene ring substituents is 1. The number of nitro groups is 1. The highest BCUT2D eigenvalue weighted by Crippen LogP contribution is 2.35. The Balaban J connectivity index is 2.28. The van der Waals surface area contributed by atoms with Crippen LogP contribution in [0.4, 0.5) is 22.7 Å². The zero-order valence-corrected chi connectivity index (χ0v) is 17.2. The van der Waals surface area contributed by atoms with Crippen LogP contribution in [0.1, 0.15) is 17.5 Å². The molecule has 0 spiro atoms. The number of hydrogen-bond acceptors (Lipinski definition) is 7. The third-order valence-electron chi connectivity index (χ3n) is 4.12. The molecule has 0 amide bonds. The predicted molar refractivity (Wildman–Crippen MR) is 110 cm³/mol. The molecule has 0 atom stereocenters. The molecular weight excluding hydrogens is 426 g/mol. The van der Waals surface area contributed by atoms with Gasteiger partial charge in [-0.3, -0.25) is 10.1 Å². The second kappa shape index (κ2) is 9.92. The lowest BCUT2D eigenvalue weighted by Crippen LogP contribution is -2.27. The fourth-order valence-corrected chi connectivity index (χ4v) is 3.31. The summed E-state index contributed by atoms with van der Waals surface area (Å²) in [4.78, 5) is 12.4. The van der Waals surface area contributed by atoms with E-state index in [0.29, 0.717) is 40.9 Å². The molecule has 2 rings (SSSR count). The summed E-state index contributed by atoms with van der Waals surface area (Å²) in [6.45, 7) is 4.61. The van der Waals surface area contributed by atoms with Crippen molar-refractivity contribution in [2.45, 2.75) is 20.3 Å². The van der Waals surface area contributed by atoms with Crippen molar-refractivity contribution in [1.82, 2.24) is 0 Å². The molecule has 146 valence electrons. The molecule has 0 aliphatic rings. The Hall–Kier alpha value is -2.83. The van der Waals surface area contributed by atoms with E-state index in [1.54, 1.807) is 6.92 Å². The minimum Gasteiger partial charge on any atom is -0.395 e. The van der Waals surface area contributed by atoms with E-state index in [9.17, 15) is 15.2 Å². The number of benzene rings is 2. The van der Waals surface area contributed by atoms with Crippen LogP contribution in [0.25, 0.3) is 0 Å². The second-order valence-electron chi connectivity index (χ2n) is 6.14. The Bertz CT molecular complexity index is 917. The Kier molecular flexibility index (Phi) is 7.61. The lowest BCUT2D eigenvalue weighted by atomic mass is 10.1. The lowest BCUT2D eigenvalue weighted by molar-refractivity contribution is -0.385. The van der Waals surface area contributed by atoms with Crippen molar-refractivity contribution in [2.24, 2.45) is 10.2 Å². The molecule has 0 saturated heterocycles. The maximum Gasteiger partial charge on any atom is 0.270 e. The number of hydrogen-bond donors (Lipinski definition) is 1. The summed E-state index contributed by atoms with van der Waals surface area (Å²) >= 11 is 3.32. The van der Waals surface area contributed by atoms with Crippen molar-refractivity contribution in [3.63, 3.8) is 0 Å². The zero-order valence-electron chi connectivity index (χ0n) is 15.6.